The molecule has 1 spiro atoms. The molecule has 4 rings (SSSR count). The molecular weight excluding hydrogens is 370 g/mol. The van der Waals surface area contributed by atoms with Crippen LogP contribution in [0.25, 0.3) is 10.9 Å². The van der Waals surface area contributed by atoms with Crippen LogP contribution in [-0.4, -0.2) is 50.5 Å². The van der Waals surface area contributed by atoms with Crippen molar-refractivity contribution in [3.05, 3.63) is 40.4 Å². The van der Waals surface area contributed by atoms with Crippen LogP contribution in [-0.2, 0) is 11.3 Å². The number of fused-ring (bicyclic) bond motifs is 1. The van der Waals surface area contributed by atoms with Gasteiger partial charge >= 0.3 is 6.03 Å². The van der Waals surface area contributed by atoms with E-state index < -0.39 is 5.54 Å². The summed E-state index contributed by atoms with van der Waals surface area (Å²) in [4.78, 5) is 48.7. The van der Waals surface area contributed by atoms with E-state index in [-0.39, 0.29) is 30.1 Å². The van der Waals surface area contributed by atoms with Crippen LogP contribution in [0.15, 0.2) is 29.1 Å². The lowest BCUT2D eigenvalue weighted by molar-refractivity contribution is -0.135. The summed E-state index contributed by atoms with van der Waals surface area (Å²) in [5, 5.41) is 3.53. The molecule has 8 heteroatoms. The third kappa shape index (κ3) is 3.42. The number of hydrogen-bond acceptors (Lipinski definition) is 5. The maximum atomic E-state index is 13.2. The maximum Gasteiger partial charge on any atom is 0.326 e. The summed E-state index contributed by atoms with van der Waals surface area (Å²) in [5.74, 6) is 0.516. The molecule has 1 aromatic heterocycles. The molecule has 1 aliphatic heterocycles. The van der Waals surface area contributed by atoms with Crippen molar-refractivity contribution in [3.8, 4) is 0 Å². The Balaban J connectivity index is 1.53. The van der Waals surface area contributed by atoms with Gasteiger partial charge in [-0.15, -0.1) is 0 Å². The lowest BCUT2D eigenvalue weighted by Gasteiger charge is -2.37. The summed E-state index contributed by atoms with van der Waals surface area (Å²) >= 11 is 0. The molecule has 2 aromatic rings. The summed E-state index contributed by atoms with van der Waals surface area (Å²) in [7, 11) is 0. The van der Waals surface area contributed by atoms with E-state index in [0.717, 1.165) is 19.3 Å². The molecule has 0 unspecified atom stereocenters. The van der Waals surface area contributed by atoms with Crippen molar-refractivity contribution in [3.63, 3.8) is 0 Å². The van der Waals surface area contributed by atoms with Crippen molar-refractivity contribution >= 4 is 22.8 Å². The second kappa shape index (κ2) is 7.59. The molecule has 2 heterocycles. The Labute approximate surface area is 169 Å². The Hall–Kier alpha value is -2.74. The van der Waals surface area contributed by atoms with Gasteiger partial charge in [-0.2, -0.15) is 0 Å². The summed E-state index contributed by atoms with van der Waals surface area (Å²) in [6.07, 6.45) is 3.68. The molecule has 154 valence electrons. The SMILES string of the molecule is CCN(Cc1nc2ccccc2c(=O)[nH]1)CN1C(=O)N[C@]2(CCCC[C@@H]2C)C1=O. The van der Waals surface area contributed by atoms with Crippen LogP contribution < -0.4 is 10.9 Å². The molecule has 29 heavy (non-hydrogen) atoms. The van der Waals surface area contributed by atoms with Crippen molar-refractivity contribution in [1.29, 1.82) is 0 Å². The predicted molar refractivity (Wildman–Crippen MR) is 109 cm³/mol. The van der Waals surface area contributed by atoms with Crippen LogP contribution >= 0.6 is 0 Å². The third-order valence-corrected chi connectivity index (χ3v) is 6.33. The van der Waals surface area contributed by atoms with E-state index in [0.29, 0.717) is 36.2 Å². The topological polar surface area (TPSA) is 98.4 Å². The van der Waals surface area contributed by atoms with Crippen LogP contribution in [0.3, 0.4) is 0 Å². The molecular formula is C21H27N5O3. The quantitative estimate of drug-likeness (QED) is 0.754. The summed E-state index contributed by atoms with van der Waals surface area (Å²) in [6.45, 7) is 5.12. The molecule has 0 radical (unpaired) electrons. The number of nitrogens with zero attached hydrogens (tertiary/aromatic N) is 3. The summed E-state index contributed by atoms with van der Waals surface area (Å²) in [5.41, 5.74) is -0.316. The van der Waals surface area contributed by atoms with Crippen molar-refractivity contribution in [2.75, 3.05) is 13.2 Å². The number of benzene rings is 1. The predicted octanol–water partition coefficient (Wildman–Crippen LogP) is 2.20. The van der Waals surface area contributed by atoms with Gasteiger partial charge < -0.3 is 10.3 Å². The van der Waals surface area contributed by atoms with E-state index in [1.165, 1.54) is 4.90 Å². The van der Waals surface area contributed by atoms with Crippen molar-refractivity contribution in [1.82, 2.24) is 25.1 Å². The largest absolute Gasteiger partial charge is 0.326 e. The van der Waals surface area contributed by atoms with Crippen LogP contribution in [0, 0.1) is 5.92 Å². The number of carbonyl (C=O) groups excluding carboxylic acids is 2. The molecule has 2 fully saturated rings. The number of carbonyl (C=O) groups is 2. The highest BCUT2D eigenvalue weighted by atomic mass is 16.2. The zero-order valence-electron chi connectivity index (χ0n) is 16.9. The fourth-order valence-electron chi connectivity index (χ4n) is 4.51. The van der Waals surface area contributed by atoms with E-state index >= 15 is 0 Å². The van der Waals surface area contributed by atoms with Gasteiger partial charge in [-0.3, -0.25) is 14.5 Å². The monoisotopic (exact) mass is 397 g/mol. The molecule has 1 aliphatic carbocycles. The average molecular weight is 397 g/mol. The molecule has 0 bridgehead atoms. The van der Waals surface area contributed by atoms with Crippen LogP contribution in [0.4, 0.5) is 4.79 Å². The van der Waals surface area contributed by atoms with E-state index in [9.17, 15) is 14.4 Å². The number of H-pyrrole nitrogens is 1. The highest BCUT2D eigenvalue weighted by molar-refractivity contribution is 6.07. The van der Waals surface area contributed by atoms with Crippen LogP contribution in [0.2, 0.25) is 0 Å². The fraction of sp³-hybridized carbons (Fsp3) is 0.524. The lowest BCUT2D eigenvalue weighted by atomic mass is 9.73. The molecule has 1 saturated heterocycles. The Morgan fingerprint density at radius 3 is 2.79 bits per heavy atom. The first-order valence-corrected chi connectivity index (χ1v) is 10.3. The van der Waals surface area contributed by atoms with Gasteiger partial charge in [0.05, 0.1) is 24.1 Å². The Morgan fingerprint density at radius 2 is 2.03 bits per heavy atom. The standard InChI is InChI=1S/C21H27N5O3/c1-3-25(12-17-22-16-10-5-4-9-15(16)18(27)23-17)13-26-19(28)21(24-20(26)29)11-7-6-8-14(21)2/h4-5,9-10,14H,3,6-8,11-13H2,1-2H3,(H,24,29)(H,22,23,27)/t14-,21-/m0/s1. The Bertz CT molecular complexity index is 1000. The Kier molecular flexibility index (Phi) is 5.12. The smallest absolute Gasteiger partial charge is 0.323 e. The number of imide groups is 1. The van der Waals surface area contributed by atoms with Gasteiger partial charge in [-0.25, -0.2) is 14.7 Å². The minimum Gasteiger partial charge on any atom is -0.323 e. The van der Waals surface area contributed by atoms with Crippen LogP contribution in [0.5, 0.6) is 0 Å². The molecule has 1 saturated carbocycles. The van der Waals surface area contributed by atoms with Crippen molar-refractivity contribution in [2.45, 2.75) is 51.6 Å². The van der Waals surface area contributed by atoms with Gasteiger partial charge in [0.15, 0.2) is 0 Å². The van der Waals surface area contributed by atoms with Gasteiger partial charge in [-0.1, -0.05) is 38.8 Å². The third-order valence-electron chi connectivity index (χ3n) is 6.33. The lowest BCUT2D eigenvalue weighted by Crippen LogP contribution is -2.54. The molecule has 2 N–H and O–H groups in total. The number of para-hydroxylation sites is 1. The van der Waals surface area contributed by atoms with Gasteiger partial charge in [0, 0.05) is 0 Å². The number of urea groups is 1. The van der Waals surface area contributed by atoms with E-state index in [2.05, 4.69) is 15.3 Å². The summed E-state index contributed by atoms with van der Waals surface area (Å²) in [6, 6.07) is 6.85. The minimum atomic E-state index is -0.760. The zero-order chi connectivity index (χ0) is 20.6. The number of aromatic nitrogens is 2. The molecule has 3 amide bonds. The first-order chi connectivity index (χ1) is 13.9. The average Bonchev–Trinajstić information content (AvgIpc) is 2.94. The molecule has 2 aliphatic rings. The number of hydrogen-bond donors (Lipinski definition) is 2. The second-order valence-corrected chi connectivity index (χ2v) is 8.10. The zero-order valence-corrected chi connectivity index (χ0v) is 16.9. The van der Waals surface area contributed by atoms with Crippen LogP contribution in [0.1, 0.15) is 45.4 Å². The minimum absolute atomic E-state index is 0.131. The van der Waals surface area contributed by atoms with Gasteiger partial charge in [0.2, 0.25) is 0 Å². The van der Waals surface area contributed by atoms with E-state index in [1.54, 1.807) is 18.2 Å². The highest BCUT2D eigenvalue weighted by Gasteiger charge is 2.54. The number of rotatable bonds is 5. The number of aromatic amines is 1. The Morgan fingerprint density at radius 1 is 1.24 bits per heavy atom. The van der Waals surface area contributed by atoms with Crippen molar-refractivity contribution < 1.29 is 9.59 Å². The van der Waals surface area contributed by atoms with E-state index in [1.807, 2.05) is 24.8 Å². The highest BCUT2D eigenvalue weighted by Crippen LogP contribution is 2.38. The van der Waals surface area contributed by atoms with Gasteiger partial charge in [0.25, 0.3) is 11.5 Å². The molecule has 2 atom stereocenters. The van der Waals surface area contributed by atoms with Gasteiger partial charge in [-0.05, 0) is 37.4 Å². The summed E-state index contributed by atoms with van der Waals surface area (Å²) < 4.78 is 0. The second-order valence-electron chi connectivity index (χ2n) is 8.10. The number of nitrogens with one attached hydrogen (secondary N) is 2. The maximum absolute atomic E-state index is 13.2. The number of amides is 3. The fourth-order valence-corrected chi connectivity index (χ4v) is 4.51. The van der Waals surface area contributed by atoms with Gasteiger partial charge in [0.1, 0.15) is 11.4 Å². The first kappa shape index (κ1) is 19.6. The molecule has 1 aromatic carbocycles. The van der Waals surface area contributed by atoms with Crippen molar-refractivity contribution in [2.24, 2.45) is 5.92 Å². The normalized spacial score (nSPS) is 24.7. The first-order valence-electron chi connectivity index (χ1n) is 10.3. The van der Waals surface area contributed by atoms with E-state index in [4.69, 9.17) is 0 Å². The molecule has 8 nitrogen and oxygen atoms in total.